The summed E-state index contributed by atoms with van der Waals surface area (Å²) in [4.78, 5) is 0. The summed E-state index contributed by atoms with van der Waals surface area (Å²) in [5.74, 6) is 0. The van der Waals surface area contributed by atoms with Gasteiger partial charge in [0.05, 0.1) is 0 Å². The average molecular weight is 400 g/mol. The van der Waals surface area contributed by atoms with Gasteiger partial charge in [-0.1, -0.05) is 83.1 Å². The van der Waals surface area contributed by atoms with Gasteiger partial charge in [0.1, 0.15) is 0 Å². The van der Waals surface area contributed by atoms with Crippen LogP contribution in [0.4, 0.5) is 0 Å². The first-order valence-corrected chi connectivity index (χ1v) is 17.4. The molecule has 4 heteroatoms. The fourth-order valence-corrected chi connectivity index (χ4v) is 49.7. The molecule has 3 aromatic rings. The topological polar surface area (TPSA) is 0 Å². The smallest absolute Gasteiger partial charge is 0.00208 e. The molecule has 24 heavy (non-hydrogen) atoms. The molecule has 3 aromatic heterocycles. The van der Waals surface area contributed by atoms with Crippen LogP contribution >= 0.6 is 26.8 Å². The fraction of sp³-hybridized carbons (Fsp3) is 0.800. The van der Waals surface area contributed by atoms with Gasteiger partial charge in [-0.05, 0) is 69.6 Å². The van der Waals surface area contributed by atoms with E-state index in [1.807, 2.05) is 21.2 Å². The molecule has 0 radical (unpaired) electrons. The summed E-state index contributed by atoms with van der Waals surface area (Å²) in [6.45, 7) is 30.7. The molecule has 0 atom stereocenters. The molecule has 0 N–H and O–H groups in total. The van der Waals surface area contributed by atoms with Crippen molar-refractivity contribution in [3.63, 3.8) is 0 Å². The first-order valence-electron chi connectivity index (χ1n) is 9.19. The second-order valence-corrected chi connectivity index (χ2v) is 29.0. The van der Waals surface area contributed by atoms with Gasteiger partial charge in [0.15, 0.2) is 0 Å². The van der Waals surface area contributed by atoms with Crippen LogP contribution in [0.5, 0.6) is 0 Å². The molecule has 3 rings (SSSR count). The summed E-state index contributed by atoms with van der Waals surface area (Å²) >= 11 is 0. The minimum atomic E-state index is 0.236. The van der Waals surface area contributed by atoms with Gasteiger partial charge in [-0.15, -0.1) is 0 Å². The Morgan fingerprint density at radius 2 is 0.458 bits per heavy atom. The number of rotatable bonds is 0. The van der Waals surface area contributed by atoms with Gasteiger partial charge >= 0.3 is 0 Å². The van der Waals surface area contributed by atoms with E-state index in [-0.39, 0.29) is 26.8 Å². The van der Waals surface area contributed by atoms with Crippen LogP contribution in [0.15, 0.2) is 0 Å². The lowest BCUT2D eigenvalue weighted by molar-refractivity contribution is 0.546. The zero-order chi connectivity index (χ0) is 18.6. The first-order chi connectivity index (χ1) is 10.5. The summed E-state index contributed by atoms with van der Waals surface area (Å²) < 4.78 is 0. The van der Waals surface area contributed by atoms with Crippen LogP contribution in [0.1, 0.15) is 104 Å². The van der Waals surface area contributed by atoms with E-state index in [9.17, 15) is 0 Å². The largest absolute Gasteiger partial charge is 0.0557 e. The van der Waals surface area contributed by atoms with E-state index in [1.165, 1.54) is 0 Å². The highest BCUT2D eigenvalue weighted by Crippen LogP contribution is 2.95. The van der Waals surface area contributed by atoms with E-state index < -0.39 is 0 Å². The van der Waals surface area contributed by atoms with Crippen molar-refractivity contribution in [3.05, 3.63) is 21.2 Å². The molecule has 0 bridgehead atoms. The minimum absolute atomic E-state index is 0.236. The van der Waals surface area contributed by atoms with Crippen LogP contribution in [0.2, 0.25) is 0 Å². The van der Waals surface area contributed by atoms with E-state index in [4.69, 9.17) is 0 Å². The molecular weight excluding hydrogens is 364 g/mol. The Bertz CT molecular complexity index is 711. The van der Waals surface area contributed by atoms with Crippen LogP contribution < -0.4 is 0 Å². The van der Waals surface area contributed by atoms with E-state index >= 15 is 0 Å². The second-order valence-electron chi connectivity index (χ2n) is 11.6. The summed E-state index contributed by atoms with van der Waals surface area (Å²) in [5, 5.41) is 7.76. The molecule has 136 valence electrons. The molecule has 0 aliphatic heterocycles. The third-order valence-corrected chi connectivity index (χ3v) is 38.8. The third-order valence-electron chi connectivity index (χ3n) is 4.81. The van der Waals surface area contributed by atoms with E-state index in [1.54, 1.807) is 0 Å². The van der Waals surface area contributed by atoms with E-state index in [0.717, 1.165) is 0 Å². The normalized spacial score (nSPS) is 18.5. The second kappa shape index (κ2) is 5.14. The summed E-state index contributed by atoms with van der Waals surface area (Å²) in [6.07, 6.45) is 0. The van der Waals surface area contributed by atoms with Gasteiger partial charge in [0.25, 0.3) is 0 Å². The molecule has 3 heterocycles. The molecule has 0 fully saturated rings. The standard InChI is InChI=1S/C20H36P4/c1-17(2,3)13-14(18(4,5)6)22-21(13)23-15(19(7,8)9)16(24(22)23)20(10,11)12/h1-12H3. The molecule has 0 saturated carbocycles. The van der Waals surface area contributed by atoms with Gasteiger partial charge in [0, 0.05) is 0 Å². The summed E-state index contributed by atoms with van der Waals surface area (Å²) in [6, 6.07) is 0. The SMILES string of the molecule is CC(C)(C)c1c(C(C)(C)C)p2p1p1c(C(C)(C)C)c(C(C)(C)C)p21. The lowest BCUT2D eigenvalue weighted by Gasteiger charge is -2.47. The highest BCUT2D eigenvalue weighted by Gasteiger charge is 2.44. The van der Waals surface area contributed by atoms with E-state index in [2.05, 4.69) is 83.1 Å². The van der Waals surface area contributed by atoms with Crippen molar-refractivity contribution < 1.29 is 0 Å². The van der Waals surface area contributed by atoms with Crippen LogP contribution in [-0.4, -0.2) is 0 Å². The lowest BCUT2D eigenvalue weighted by Crippen LogP contribution is -2.25. The Morgan fingerprint density at radius 3 is 0.542 bits per heavy atom. The lowest BCUT2D eigenvalue weighted by atomic mass is 9.86. The molecule has 0 aromatic carbocycles. The monoisotopic (exact) mass is 400 g/mol. The van der Waals surface area contributed by atoms with E-state index in [0.29, 0.717) is 21.7 Å². The van der Waals surface area contributed by atoms with Crippen molar-refractivity contribution in [1.29, 1.82) is 0 Å². The van der Waals surface area contributed by atoms with Crippen LogP contribution in [0, 0.1) is 0 Å². The van der Waals surface area contributed by atoms with Crippen molar-refractivity contribution in [2.75, 3.05) is 0 Å². The quantitative estimate of drug-likeness (QED) is 0.352. The Morgan fingerprint density at radius 1 is 0.333 bits per heavy atom. The predicted octanol–water partition coefficient (Wildman–Crippen LogP) is 9.76. The van der Waals surface area contributed by atoms with Crippen LogP contribution in [-0.2, 0) is 21.7 Å². The maximum atomic E-state index is 2.48. The predicted molar refractivity (Wildman–Crippen MR) is 120 cm³/mol. The van der Waals surface area contributed by atoms with Crippen molar-refractivity contribution in [3.8, 4) is 0 Å². The highest BCUT2D eigenvalue weighted by atomic mass is 32.6. The molecule has 0 spiro atoms. The average Bonchev–Trinajstić information content (AvgIpc) is 2.20. The van der Waals surface area contributed by atoms with Gasteiger partial charge in [-0.3, -0.25) is 0 Å². The molecule has 0 aliphatic rings. The summed E-state index contributed by atoms with van der Waals surface area (Å²) in [7, 11) is 0. The molecule has 0 unspecified atom stereocenters. The molecule has 0 nitrogen and oxygen atoms in total. The molecule has 0 saturated heterocycles. The number of fused-ring (bicyclic) bond motifs is 4. The van der Waals surface area contributed by atoms with Crippen molar-refractivity contribution in [1.82, 2.24) is 0 Å². The van der Waals surface area contributed by atoms with Gasteiger partial charge in [-0.2, -0.15) is 0 Å². The van der Waals surface area contributed by atoms with Crippen molar-refractivity contribution in [2.24, 2.45) is 0 Å². The molecule has 0 amide bonds. The van der Waals surface area contributed by atoms with Gasteiger partial charge in [0.2, 0.25) is 0 Å². The molecule has 0 aliphatic carbocycles. The van der Waals surface area contributed by atoms with Crippen LogP contribution in [0.25, 0.3) is 0 Å². The third kappa shape index (κ3) is 2.55. The van der Waals surface area contributed by atoms with Crippen molar-refractivity contribution >= 4 is 26.8 Å². The Hall–Kier alpha value is 0.680. The van der Waals surface area contributed by atoms with Gasteiger partial charge < -0.3 is 0 Å². The minimum Gasteiger partial charge on any atom is -0.0557 e. The fourth-order valence-electron chi connectivity index (χ4n) is 3.96. The maximum Gasteiger partial charge on any atom is -0.00208 e. The maximum absolute atomic E-state index is 2.48. The summed E-state index contributed by atoms with van der Waals surface area (Å²) in [5.41, 5.74) is 1.55. The first kappa shape index (κ1) is 19.4. The zero-order valence-corrected chi connectivity index (χ0v) is 21.4. The van der Waals surface area contributed by atoms with Crippen LogP contribution in [0.3, 0.4) is 0 Å². The Kier molecular flexibility index (Phi) is 4.16. The molecular formula is C20H36P4. The number of hydrogen-bond donors (Lipinski definition) is 0. The number of hydrogen-bond acceptors (Lipinski definition) is 0. The van der Waals surface area contributed by atoms with Gasteiger partial charge in [-0.25, -0.2) is 0 Å². The Balaban J connectivity index is 2.40. The highest BCUT2D eigenvalue weighted by molar-refractivity contribution is 8.71. The Labute approximate surface area is 152 Å². The van der Waals surface area contributed by atoms with Crippen molar-refractivity contribution in [2.45, 2.75) is 105 Å². The zero-order valence-electron chi connectivity index (χ0n) is 17.8.